The van der Waals surface area contributed by atoms with Crippen LogP contribution in [0.1, 0.15) is 94.3 Å². The fourth-order valence-electron chi connectivity index (χ4n) is 2.85. The first-order valence-electron chi connectivity index (χ1n) is 9.69. The molecule has 1 aromatic rings. The van der Waals surface area contributed by atoms with E-state index in [1.807, 2.05) is 0 Å². The summed E-state index contributed by atoms with van der Waals surface area (Å²) in [4.78, 5) is 10.6. The fraction of sp³-hybridized carbons (Fsp3) is 0.667. The molecule has 0 aromatic heterocycles. The van der Waals surface area contributed by atoms with Gasteiger partial charge in [-0.15, -0.1) is 0 Å². The highest BCUT2D eigenvalue weighted by Gasteiger charge is 2.02. The number of hydrogen-bond donors (Lipinski definition) is 1. The summed E-state index contributed by atoms with van der Waals surface area (Å²) in [5.74, 6) is 0.610. The van der Waals surface area contributed by atoms with Crippen molar-refractivity contribution in [2.24, 2.45) is 0 Å². The molecule has 24 heavy (non-hydrogen) atoms. The van der Waals surface area contributed by atoms with E-state index < -0.39 is 0 Å². The minimum atomic E-state index is -0.0165. The number of phenolic OH excluding ortho intramolecular Hbond substituents is 1. The lowest BCUT2D eigenvalue weighted by Crippen LogP contribution is -1.97. The Hall–Kier alpha value is -1.51. The van der Waals surface area contributed by atoms with Crippen molar-refractivity contribution in [2.45, 2.75) is 84.0 Å². The van der Waals surface area contributed by atoms with Crippen LogP contribution >= 0.6 is 0 Å². The molecule has 0 bridgehead atoms. The van der Waals surface area contributed by atoms with Crippen molar-refractivity contribution in [3.8, 4) is 11.5 Å². The van der Waals surface area contributed by atoms with E-state index in [0.29, 0.717) is 24.2 Å². The maximum atomic E-state index is 10.6. The molecule has 1 aromatic carbocycles. The SMILES string of the molecule is CCCCCCCCCCCCCCOc1ccc(C=O)c(O)c1. The van der Waals surface area contributed by atoms with Gasteiger partial charge in [0.2, 0.25) is 0 Å². The molecular formula is C21H34O3. The van der Waals surface area contributed by atoms with E-state index in [0.717, 1.165) is 6.42 Å². The van der Waals surface area contributed by atoms with E-state index in [4.69, 9.17) is 4.74 Å². The third kappa shape index (κ3) is 9.59. The molecule has 3 nitrogen and oxygen atoms in total. The average Bonchev–Trinajstić information content (AvgIpc) is 2.59. The Morgan fingerprint density at radius 1 is 0.875 bits per heavy atom. The first-order chi connectivity index (χ1) is 11.8. The quantitative estimate of drug-likeness (QED) is 0.303. The molecule has 0 radical (unpaired) electrons. The van der Waals surface area contributed by atoms with Gasteiger partial charge in [-0.05, 0) is 18.6 Å². The van der Waals surface area contributed by atoms with Crippen molar-refractivity contribution in [3.05, 3.63) is 23.8 Å². The van der Waals surface area contributed by atoms with Crippen LogP contribution in [0.15, 0.2) is 18.2 Å². The van der Waals surface area contributed by atoms with Crippen LogP contribution in [-0.2, 0) is 0 Å². The second kappa shape index (κ2) is 13.9. The van der Waals surface area contributed by atoms with Crippen LogP contribution in [0.4, 0.5) is 0 Å². The predicted octanol–water partition coefficient (Wildman–Crippen LogP) is 6.28. The molecule has 1 rings (SSSR count). The predicted molar refractivity (Wildman–Crippen MR) is 100 cm³/mol. The number of carbonyl (C=O) groups excluding carboxylic acids is 1. The lowest BCUT2D eigenvalue weighted by atomic mass is 10.1. The number of phenols is 1. The Kier molecular flexibility index (Phi) is 11.9. The molecule has 1 N–H and O–H groups in total. The second-order valence-electron chi connectivity index (χ2n) is 6.58. The van der Waals surface area contributed by atoms with Crippen LogP contribution in [-0.4, -0.2) is 18.0 Å². The van der Waals surface area contributed by atoms with Crippen molar-refractivity contribution >= 4 is 6.29 Å². The van der Waals surface area contributed by atoms with Crippen molar-refractivity contribution < 1.29 is 14.6 Å². The van der Waals surface area contributed by atoms with Gasteiger partial charge in [0, 0.05) is 6.07 Å². The highest BCUT2D eigenvalue weighted by molar-refractivity contribution is 5.79. The monoisotopic (exact) mass is 334 g/mol. The van der Waals surface area contributed by atoms with Gasteiger partial charge in [-0.2, -0.15) is 0 Å². The van der Waals surface area contributed by atoms with E-state index in [9.17, 15) is 9.90 Å². The molecule has 0 aliphatic carbocycles. The summed E-state index contributed by atoms with van der Waals surface area (Å²) in [6.07, 6.45) is 16.5. The third-order valence-corrected chi connectivity index (χ3v) is 4.40. The fourth-order valence-corrected chi connectivity index (χ4v) is 2.85. The van der Waals surface area contributed by atoms with Crippen LogP contribution < -0.4 is 4.74 Å². The Bertz CT molecular complexity index is 443. The molecular weight excluding hydrogens is 300 g/mol. The highest BCUT2D eigenvalue weighted by atomic mass is 16.5. The van der Waals surface area contributed by atoms with Crippen LogP contribution in [0.3, 0.4) is 0 Å². The molecule has 0 atom stereocenters. The van der Waals surface area contributed by atoms with Gasteiger partial charge in [0.15, 0.2) is 6.29 Å². The van der Waals surface area contributed by atoms with Gasteiger partial charge >= 0.3 is 0 Å². The Morgan fingerprint density at radius 3 is 1.92 bits per heavy atom. The van der Waals surface area contributed by atoms with Crippen LogP contribution in [0.5, 0.6) is 11.5 Å². The molecule has 136 valence electrons. The van der Waals surface area contributed by atoms with Crippen molar-refractivity contribution in [2.75, 3.05) is 6.61 Å². The summed E-state index contributed by atoms with van der Waals surface area (Å²) in [6, 6.07) is 4.81. The number of ether oxygens (including phenoxy) is 1. The molecule has 0 heterocycles. The number of benzene rings is 1. The summed E-state index contributed by atoms with van der Waals surface area (Å²) >= 11 is 0. The Balaban J connectivity index is 1.90. The van der Waals surface area contributed by atoms with Gasteiger partial charge in [-0.1, -0.05) is 77.6 Å². The molecule has 0 saturated heterocycles. The minimum Gasteiger partial charge on any atom is -0.507 e. The summed E-state index contributed by atoms with van der Waals surface area (Å²) in [5.41, 5.74) is 0.299. The van der Waals surface area contributed by atoms with Gasteiger partial charge in [0.1, 0.15) is 11.5 Å². The number of hydrogen-bond acceptors (Lipinski definition) is 3. The van der Waals surface area contributed by atoms with Crippen molar-refractivity contribution in [1.82, 2.24) is 0 Å². The number of aldehydes is 1. The van der Waals surface area contributed by atoms with Crippen molar-refractivity contribution in [3.63, 3.8) is 0 Å². The summed E-state index contributed by atoms with van der Waals surface area (Å²) < 4.78 is 5.60. The molecule has 0 spiro atoms. The van der Waals surface area contributed by atoms with E-state index in [1.54, 1.807) is 12.1 Å². The first-order valence-corrected chi connectivity index (χ1v) is 9.69. The van der Waals surface area contributed by atoms with Gasteiger partial charge in [0.05, 0.1) is 12.2 Å². The molecule has 0 amide bonds. The van der Waals surface area contributed by atoms with E-state index in [1.165, 1.54) is 76.7 Å². The lowest BCUT2D eigenvalue weighted by Gasteiger charge is -2.07. The summed E-state index contributed by atoms with van der Waals surface area (Å²) in [7, 11) is 0. The molecule has 0 unspecified atom stereocenters. The van der Waals surface area contributed by atoms with Crippen LogP contribution in [0.2, 0.25) is 0 Å². The van der Waals surface area contributed by atoms with E-state index in [2.05, 4.69) is 6.92 Å². The smallest absolute Gasteiger partial charge is 0.153 e. The standard InChI is InChI=1S/C21H34O3/c1-2-3-4-5-6-7-8-9-10-11-12-13-16-24-20-15-14-19(18-22)21(23)17-20/h14-15,17-18,23H,2-13,16H2,1H3. The van der Waals surface area contributed by atoms with Gasteiger partial charge in [-0.3, -0.25) is 4.79 Å². The van der Waals surface area contributed by atoms with Crippen molar-refractivity contribution in [1.29, 1.82) is 0 Å². The van der Waals surface area contributed by atoms with E-state index >= 15 is 0 Å². The number of rotatable bonds is 15. The zero-order valence-corrected chi connectivity index (χ0v) is 15.3. The number of carbonyl (C=O) groups is 1. The maximum Gasteiger partial charge on any atom is 0.153 e. The topological polar surface area (TPSA) is 46.5 Å². The average molecular weight is 334 g/mol. The van der Waals surface area contributed by atoms with Gasteiger partial charge in [-0.25, -0.2) is 0 Å². The van der Waals surface area contributed by atoms with Gasteiger partial charge < -0.3 is 9.84 Å². The third-order valence-electron chi connectivity index (χ3n) is 4.40. The summed E-state index contributed by atoms with van der Waals surface area (Å²) in [5, 5.41) is 9.58. The Labute approximate surface area is 147 Å². The minimum absolute atomic E-state index is 0.0165. The molecule has 0 saturated carbocycles. The van der Waals surface area contributed by atoms with E-state index in [-0.39, 0.29) is 5.75 Å². The molecule has 0 aliphatic heterocycles. The van der Waals surface area contributed by atoms with Gasteiger partial charge in [0.25, 0.3) is 0 Å². The normalized spacial score (nSPS) is 10.7. The lowest BCUT2D eigenvalue weighted by molar-refractivity contribution is 0.112. The molecule has 0 fully saturated rings. The first kappa shape index (κ1) is 20.5. The Morgan fingerprint density at radius 2 is 1.42 bits per heavy atom. The van der Waals surface area contributed by atoms with Crippen LogP contribution in [0, 0.1) is 0 Å². The summed E-state index contributed by atoms with van der Waals surface area (Å²) in [6.45, 7) is 2.93. The number of aromatic hydroxyl groups is 1. The maximum absolute atomic E-state index is 10.6. The largest absolute Gasteiger partial charge is 0.507 e. The zero-order valence-electron chi connectivity index (χ0n) is 15.3. The second-order valence-corrected chi connectivity index (χ2v) is 6.58. The highest BCUT2D eigenvalue weighted by Crippen LogP contribution is 2.22. The molecule has 3 heteroatoms. The van der Waals surface area contributed by atoms with Crippen LogP contribution in [0.25, 0.3) is 0 Å². The number of unbranched alkanes of at least 4 members (excludes halogenated alkanes) is 11. The zero-order chi connectivity index (χ0) is 17.5. The molecule has 0 aliphatic rings.